The Kier molecular flexibility index (Phi) is 7.07. The van der Waals surface area contributed by atoms with E-state index in [1.54, 1.807) is 0 Å². The fourth-order valence-corrected chi connectivity index (χ4v) is 3.89. The molecule has 0 spiro atoms. The fraction of sp³-hybridized carbons (Fsp3) is 0.192. The van der Waals surface area contributed by atoms with Crippen molar-refractivity contribution in [1.82, 2.24) is 9.80 Å². The number of ether oxygens (including phenoxy) is 2. The molecule has 0 radical (unpaired) electrons. The molecule has 0 unspecified atom stereocenters. The van der Waals surface area contributed by atoms with Crippen LogP contribution in [0.2, 0.25) is 0 Å². The molecular formula is C26H24N2O6. The minimum absolute atomic E-state index is 0.0119. The maximum absolute atomic E-state index is 13.5. The third-order valence-corrected chi connectivity index (χ3v) is 5.48. The van der Waals surface area contributed by atoms with Crippen molar-refractivity contribution >= 4 is 18.2 Å². The van der Waals surface area contributed by atoms with Gasteiger partial charge < -0.3 is 19.5 Å². The number of nitrogens with zero attached hydrogens (tertiary/aromatic N) is 2. The largest absolute Gasteiger partial charge is 0.507 e. The van der Waals surface area contributed by atoms with Crippen LogP contribution in [0.3, 0.4) is 0 Å². The third kappa shape index (κ3) is 5.35. The molecule has 2 atom stereocenters. The van der Waals surface area contributed by atoms with Crippen LogP contribution in [0.5, 0.6) is 0 Å². The molecule has 4 rings (SSSR count). The highest BCUT2D eigenvalue weighted by molar-refractivity contribution is 5.88. The van der Waals surface area contributed by atoms with Gasteiger partial charge in [-0.05, 0) is 16.7 Å². The van der Waals surface area contributed by atoms with Gasteiger partial charge in [0.1, 0.15) is 6.61 Å². The Balaban J connectivity index is 1.64. The number of rotatable bonds is 8. The van der Waals surface area contributed by atoms with E-state index in [4.69, 9.17) is 9.47 Å². The molecule has 1 aliphatic heterocycles. The molecule has 1 aliphatic rings. The second-order valence-corrected chi connectivity index (χ2v) is 7.82. The van der Waals surface area contributed by atoms with Gasteiger partial charge in [0.15, 0.2) is 6.04 Å². The molecule has 0 saturated carbocycles. The smallest absolute Gasteiger partial charge is 0.459 e. The van der Waals surface area contributed by atoms with Crippen LogP contribution in [0.1, 0.15) is 16.7 Å². The lowest BCUT2D eigenvalue weighted by Gasteiger charge is -2.25. The van der Waals surface area contributed by atoms with E-state index in [2.05, 4.69) is 0 Å². The Bertz CT molecular complexity index is 1120. The van der Waals surface area contributed by atoms with Crippen LogP contribution in [-0.2, 0) is 34.0 Å². The van der Waals surface area contributed by atoms with Crippen molar-refractivity contribution in [3.05, 3.63) is 108 Å². The highest BCUT2D eigenvalue weighted by Gasteiger charge is 2.52. The maximum atomic E-state index is 13.5. The monoisotopic (exact) mass is 460 g/mol. The summed E-state index contributed by atoms with van der Waals surface area (Å²) in [4.78, 5) is 40.8. The summed E-state index contributed by atoms with van der Waals surface area (Å²) in [5, 5.41) is 9.40. The lowest BCUT2D eigenvalue weighted by molar-refractivity contribution is -0.155. The number of urea groups is 1. The molecule has 2 amide bonds. The van der Waals surface area contributed by atoms with E-state index in [1.165, 1.54) is 9.80 Å². The van der Waals surface area contributed by atoms with E-state index in [9.17, 15) is 19.5 Å². The summed E-state index contributed by atoms with van der Waals surface area (Å²) in [6.45, 7) is 0.156. The predicted molar refractivity (Wildman–Crippen MR) is 122 cm³/mol. The van der Waals surface area contributed by atoms with E-state index < -0.39 is 30.4 Å². The van der Waals surface area contributed by atoms with E-state index in [1.807, 2.05) is 91.0 Å². The number of carbonyl (C=O) groups is 3. The van der Waals surface area contributed by atoms with Gasteiger partial charge in [0.25, 0.3) is 0 Å². The molecule has 1 fully saturated rings. The zero-order valence-corrected chi connectivity index (χ0v) is 18.3. The van der Waals surface area contributed by atoms with Crippen molar-refractivity contribution in [2.45, 2.75) is 32.0 Å². The average molecular weight is 460 g/mol. The zero-order valence-electron chi connectivity index (χ0n) is 18.3. The lowest BCUT2D eigenvalue weighted by atomic mass is 10.1. The molecule has 0 bridgehead atoms. The number of benzene rings is 3. The number of hydrogen-bond acceptors (Lipinski definition) is 5. The zero-order chi connectivity index (χ0) is 23.9. The summed E-state index contributed by atoms with van der Waals surface area (Å²) in [5.74, 6) is -0.741. The topological polar surface area (TPSA) is 96.4 Å². The quantitative estimate of drug-likeness (QED) is 0.505. The number of carboxylic acid groups (broad SMARTS) is 1. The van der Waals surface area contributed by atoms with E-state index in [0.717, 1.165) is 16.7 Å². The summed E-state index contributed by atoms with van der Waals surface area (Å²) in [7, 11) is 0. The highest BCUT2D eigenvalue weighted by Crippen LogP contribution is 2.29. The molecule has 3 aromatic carbocycles. The molecule has 8 heteroatoms. The molecule has 0 aliphatic carbocycles. The Morgan fingerprint density at radius 1 is 0.735 bits per heavy atom. The normalized spacial score (nSPS) is 17.5. The first-order chi connectivity index (χ1) is 16.5. The first-order valence-corrected chi connectivity index (χ1v) is 10.8. The van der Waals surface area contributed by atoms with Crippen molar-refractivity contribution in [3.63, 3.8) is 0 Å². The highest BCUT2D eigenvalue weighted by atomic mass is 16.7. The number of esters is 1. The standard InChI is InChI=1S/C26H24N2O6/c29-24(33-18-21-14-8-3-9-15-21)22-23(34-26(31)32)28(17-20-12-6-2-7-13-20)25(30)27(22)16-19-10-4-1-5-11-19/h1-15,22-23H,16-18H2,(H,31,32)/t22-,23+/m1/s1. The van der Waals surface area contributed by atoms with Crippen molar-refractivity contribution in [2.24, 2.45) is 0 Å². The predicted octanol–water partition coefficient (Wildman–Crippen LogP) is 4.26. The SMILES string of the molecule is O=C(O)O[C@H]1[C@H](C(=O)OCc2ccccc2)N(Cc2ccccc2)C(=O)N1Cc1ccccc1. The molecule has 1 saturated heterocycles. The molecular weight excluding hydrogens is 436 g/mol. The minimum Gasteiger partial charge on any atom is -0.459 e. The van der Waals surface area contributed by atoms with Crippen LogP contribution >= 0.6 is 0 Å². The fourth-order valence-electron chi connectivity index (χ4n) is 3.89. The number of amides is 2. The van der Waals surface area contributed by atoms with Crippen LogP contribution < -0.4 is 0 Å². The van der Waals surface area contributed by atoms with E-state index in [-0.39, 0.29) is 19.7 Å². The Morgan fingerprint density at radius 2 is 1.21 bits per heavy atom. The van der Waals surface area contributed by atoms with Crippen LogP contribution in [0, 0.1) is 0 Å². The van der Waals surface area contributed by atoms with Crippen LogP contribution in [0.25, 0.3) is 0 Å². The molecule has 174 valence electrons. The Morgan fingerprint density at radius 3 is 1.71 bits per heavy atom. The summed E-state index contributed by atoms with van der Waals surface area (Å²) in [6.07, 6.45) is -2.95. The second-order valence-electron chi connectivity index (χ2n) is 7.82. The van der Waals surface area contributed by atoms with Gasteiger partial charge in [-0.2, -0.15) is 0 Å². The Labute approximate surface area is 196 Å². The molecule has 34 heavy (non-hydrogen) atoms. The summed E-state index contributed by atoms with van der Waals surface area (Å²) in [6, 6.07) is 25.6. The second kappa shape index (κ2) is 10.5. The van der Waals surface area contributed by atoms with Gasteiger partial charge in [-0.25, -0.2) is 14.4 Å². The van der Waals surface area contributed by atoms with Gasteiger partial charge in [-0.3, -0.25) is 4.90 Å². The van der Waals surface area contributed by atoms with Gasteiger partial charge in [-0.1, -0.05) is 91.0 Å². The van der Waals surface area contributed by atoms with Crippen molar-refractivity contribution in [3.8, 4) is 0 Å². The summed E-state index contributed by atoms with van der Waals surface area (Å²) >= 11 is 0. The van der Waals surface area contributed by atoms with Gasteiger partial charge >= 0.3 is 18.2 Å². The molecule has 0 aromatic heterocycles. The van der Waals surface area contributed by atoms with Crippen molar-refractivity contribution in [1.29, 1.82) is 0 Å². The minimum atomic E-state index is -1.58. The third-order valence-electron chi connectivity index (χ3n) is 5.48. The van der Waals surface area contributed by atoms with Crippen molar-refractivity contribution < 1.29 is 29.0 Å². The molecule has 8 nitrogen and oxygen atoms in total. The molecule has 1 N–H and O–H groups in total. The van der Waals surface area contributed by atoms with Gasteiger partial charge in [-0.15, -0.1) is 0 Å². The molecule has 1 heterocycles. The Hall–Kier alpha value is -4.33. The number of carbonyl (C=O) groups excluding carboxylic acids is 2. The average Bonchev–Trinajstić information content (AvgIpc) is 3.09. The van der Waals surface area contributed by atoms with Gasteiger partial charge in [0.05, 0.1) is 6.54 Å². The van der Waals surface area contributed by atoms with E-state index in [0.29, 0.717) is 0 Å². The lowest BCUT2D eigenvalue weighted by Crippen LogP contribution is -2.46. The summed E-state index contributed by atoms with van der Waals surface area (Å²) < 4.78 is 10.6. The number of hydrogen-bond donors (Lipinski definition) is 1. The van der Waals surface area contributed by atoms with Gasteiger partial charge in [0.2, 0.25) is 6.23 Å². The first kappa shape index (κ1) is 22.8. The van der Waals surface area contributed by atoms with Crippen LogP contribution in [0.15, 0.2) is 91.0 Å². The van der Waals surface area contributed by atoms with E-state index >= 15 is 0 Å². The first-order valence-electron chi connectivity index (χ1n) is 10.8. The molecule has 3 aromatic rings. The van der Waals surface area contributed by atoms with Crippen molar-refractivity contribution in [2.75, 3.05) is 0 Å². The summed E-state index contributed by atoms with van der Waals surface area (Å²) in [5.41, 5.74) is 2.33. The van der Waals surface area contributed by atoms with Crippen LogP contribution in [0.4, 0.5) is 9.59 Å². The van der Waals surface area contributed by atoms with Gasteiger partial charge in [0, 0.05) is 6.54 Å². The van der Waals surface area contributed by atoms with Crippen LogP contribution in [-0.4, -0.2) is 45.3 Å². The maximum Gasteiger partial charge on any atom is 0.507 e.